The minimum absolute atomic E-state index is 0. The zero-order chi connectivity index (χ0) is 15.1. The largest absolute Gasteiger partial charge is 0.492 e. The summed E-state index contributed by atoms with van der Waals surface area (Å²) in [5.74, 6) is 2.61. The molecule has 1 saturated heterocycles. The first kappa shape index (κ1) is 16.6. The van der Waals surface area contributed by atoms with E-state index in [4.69, 9.17) is 10.5 Å². The zero-order valence-corrected chi connectivity index (χ0v) is 14.1. The fourth-order valence-electron chi connectivity index (χ4n) is 3.91. The maximum absolute atomic E-state index is 12.9. The Morgan fingerprint density at radius 3 is 2.70 bits per heavy atom. The topological polar surface area (TPSA) is 55.6 Å². The normalized spacial score (nSPS) is 29.1. The van der Waals surface area contributed by atoms with Gasteiger partial charge in [0.2, 0.25) is 0 Å². The van der Waals surface area contributed by atoms with Crippen molar-refractivity contribution in [3.05, 3.63) is 29.8 Å². The smallest absolute Gasteiger partial charge is 0.257 e. The van der Waals surface area contributed by atoms with Crippen LogP contribution in [-0.2, 0) is 0 Å². The molecule has 1 heterocycles. The molecule has 3 fully saturated rings. The van der Waals surface area contributed by atoms with Crippen molar-refractivity contribution in [3.8, 4) is 5.75 Å². The number of carbonyl (C=O) groups excluding carboxylic acids is 1. The van der Waals surface area contributed by atoms with Crippen LogP contribution in [0.2, 0.25) is 0 Å². The van der Waals surface area contributed by atoms with E-state index in [1.165, 1.54) is 12.8 Å². The highest BCUT2D eigenvalue weighted by Gasteiger charge is 2.42. The number of halogens is 1. The van der Waals surface area contributed by atoms with Gasteiger partial charge in [0.15, 0.2) is 0 Å². The number of carbonyl (C=O) groups is 1. The highest BCUT2D eigenvalue weighted by atomic mass is 35.5. The minimum Gasteiger partial charge on any atom is -0.492 e. The van der Waals surface area contributed by atoms with Crippen molar-refractivity contribution < 1.29 is 9.53 Å². The number of likely N-dealkylation sites (tertiary alicyclic amines) is 1. The molecule has 3 aliphatic rings. The first-order chi connectivity index (χ1) is 10.7. The van der Waals surface area contributed by atoms with E-state index in [2.05, 4.69) is 0 Å². The minimum atomic E-state index is 0. The Morgan fingerprint density at radius 1 is 1.17 bits per heavy atom. The molecule has 2 saturated carbocycles. The molecule has 1 aromatic carbocycles. The molecule has 0 bridgehead atoms. The van der Waals surface area contributed by atoms with Gasteiger partial charge in [-0.05, 0) is 55.6 Å². The van der Waals surface area contributed by atoms with Gasteiger partial charge in [-0.2, -0.15) is 0 Å². The second-order valence-corrected chi connectivity index (χ2v) is 7.13. The summed E-state index contributed by atoms with van der Waals surface area (Å²) in [7, 11) is 0. The van der Waals surface area contributed by atoms with Crippen LogP contribution >= 0.6 is 12.4 Å². The summed E-state index contributed by atoms with van der Waals surface area (Å²) in [6, 6.07) is 7.92. The molecular formula is C18H25ClN2O2. The van der Waals surface area contributed by atoms with Crippen LogP contribution in [0.5, 0.6) is 5.75 Å². The van der Waals surface area contributed by atoms with Gasteiger partial charge in [-0.15, -0.1) is 12.4 Å². The van der Waals surface area contributed by atoms with Crippen LogP contribution in [0.3, 0.4) is 0 Å². The SMILES string of the molecule is Cl.NC1CCC2CN(C(=O)c3ccccc3OCC3CC3)CC12. The molecule has 3 unspecified atom stereocenters. The quantitative estimate of drug-likeness (QED) is 0.919. The van der Waals surface area contributed by atoms with Crippen LogP contribution in [0.25, 0.3) is 0 Å². The monoisotopic (exact) mass is 336 g/mol. The number of para-hydroxylation sites is 1. The van der Waals surface area contributed by atoms with E-state index in [1.807, 2.05) is 29.2 Å². The summed E-state index contributed by atoms with van der Waals surface area (Å²) >= 11 is 0. The van der Waals surface area contributed by atoms with Gasteiger partial charge >= 0.3 is 0 Å². The molecule has 0 spiro atoms. The fraction of sp³-hybridized carbons (Fsp3) is 0.611. The van der Waals surface area contributed by atoms with Crippen molar-refractivity contribution in [2.75, 3.05) is 19.7 Å². The number of nitrogens with two attached hydrogens (primary N) is 1. The number of amides is 1. The summed E-state index contributed by atoms with van der Waals surface area (Å²) in [5, 5.41) is 0. The molecule has 1 aliphatic heterocycles. The van der Waals surface area contributed by atoms with Crippen LogP contribution in [-0.4, -0.2) is 36.5 Å². The third-order valence-electron chi connectivity index (χ3n) is 5.49. The molecule has 1 aromatic rings. The van der Waals surface area contributed by atoms with Crippen LogP contribution in [0.1, 0.15) is 36.0 Å². The molecule has 4 nitrogen and oxygen atoms in total. The molecule has 0 aromatic heterocycles. The average molecular weight is 337 g/mol. The molecule has 2 aliphatic carbocycles. The summed E-state index contributed by atoms with van der Waals surface area (Å²) in [5.41, 5.74) is 6.88. The Balaban J connectivity index is 0.00000156. The summed E-state index contributed by atoms with van der Waals surface area (Å²) < 4.78 is 5.88. The summed E-state index contributed by atoms with van der Waals surface area (Å²) in [6.45, 7) is 2.40. The van der Waals surface area contributed by atoms with Crippen molar-refractivity contribution in [2.24, 2.45) is 23.5 Å². The standard InChI is InChI=1S/C18H24N2O2.ClH/c19-16-8-7-13-9-20(10-15(13)16)18(21)14-3-1-2-4-17(14)22-11-12-5-6-12;/h1-4,12-13,15-16H,5-11,19H2;1H. The number of hydrogen-bond donors (Lipinski definition) is 1. The summed E-state index contributed by atoms with van der Waals surface area (Å²) in [4.78, 5) is 14.9. The molecule has 1 amide bonds. The number of ether oxygens (including phenoxy) is 1. The lowest BCUT2D eigenvalue weighted by Gasteiger charge is -2.20. The van der Waals surface area contributed by atoms with Gasteiger partial charge < -0.3 is 15.4 Å². The van der Waals surface area contributed by atoms with Crippen LogP contribution in [0, 0.1) is 17.8 Å². The molecule has 2 N–H and O–H groups in total. The maximum atomic E-state index is 12.9. The Hall–Kier alpha value is -1.26. The van der Waals surface area contributed by atoms with E-state index in [0.717, 1.165) is 38.3 Å². The van der Waals surface area contributed by atoms with Crippen molar-refractivity contribution in [1.29, 1.82) is 0 Å². The lowest BCUT2D eigenvalue weighted by atomic mass is 9.98. The van der Waals surface area contributed by atoms with Crippen LogP contribution < -0.4 is 10.5 Å². The predicted molar refractivity (Wildman–Crippen MR) is 92.0 cm³/mol. The second-order valence-electron chi connectivity index (χ2n) is 7.13. The van der Waals surface area contributed by atoms with Gasteiger partial charge in [-0.25, -0.2) is 0 Å². The van der Waals surface area contributed by atoms with Crippen molar-refractivity contribution in [2.45, 2.75) is 31.7 Å². The first-order valence-corrected chi connectivity index (χ1v) is 8.49. The Morgan fingerprint density at radius 2 is 1.96 bits per heavy atom. The third-order valence-corrected chi connectivity index (χ3v) is 5.49. The van der Waals surface area contributed by atoms with Gasteiger partial charge in [0, 0.05) is 19.1 Å². The number of hydrogen-bond acceptors (Lipinski definition) is 3. The Bertz CT molecular complexity index is 576. The lowest BCUT2D eigenvalue weighted by Crippen LogP contribution is -2.33. The molecule has 3 atom stereocenters. The van der Waals surface area contributed by atoms with Crippen molar-refractivity contribution in [3.63, 3.8) is 0 Å². The maximum Gasteiger partial charge on any atom is 0.257 e. The van der Waals surface area contributed by atoms with E-state index in [1.54, 1.807) is 0 Å². The highest BCUT2D eigenvalue weighted by Crippen LogP contribution is 2.38. The van der Waals surface area contributed by atoms with Gasteiger partial charge in [-0.1, -0.05) is 12.1 Å². The van der Waals surface area contributed by atoms with E-state index in [0.29, 0.717) is 23.3 Å². The number of nitrogens with zero attached hydrogens (tertiary/aromatic N) is 1. The van der Waals surface area contributed by atoms with E-state index < -0.39 is 0 Å². The Kier molecular flexibility index (Phi) is 4.83. The van der Waals surface area contributed by atoms with Crippen LogP contribution in [0.15, 0.2) is 24.3 Å². The molecule has 0 radical (unpaired) electrons. The van der Waals surface area contributed by atoms with Gasteiger partial charge in [0.05, 0.1) is 12.2 Å². The highest BCUT2D eigenvalue weighted by molar-refractivity contribution is 5.97. The molecule has 126 valence electrons. The molecule has 23 heavy (non-hydrogen) atoms. The average Bonchev–Trinajstić information content (AvgIpc) is 3.17. The molecular weight excluding hydrogens is 312 g/mol. The third kappa shape index (κ3) is 3.33. The van der Waals surface area contributed by atoms with E-state index >= 15 is 0 Å². The van der Waals surface area contributed by atoms with Crippen molar-refractivity contribution >= 4 is 18.3 Å². The number of benzene rings is 1. The summed E-state index contributed by atoms with van der Waals surface area (Å²) in [6.07, 6.45) is 4.78. The first-order valence-electron chi connectivity index (χ1n) is 8.49. The Labute approximate surface area is 143 Å². The van der Waals surface area contributed by atoms with Crippen molar-refractivity contribution in [1.82, 2.24) is 4.90 Å². The van der Waals surface area contributed by atoms with Crippen LogP contribution in [0.4, 0.5) is 0 Å². The second kappa shape index (κ2) is 6.70. The fourth-order valence-corrected chi connectivity index (χ4v) is 3.91. The van der Waals surface area contributed by atoms with Gasteiger partial charge in [0.25, 0.3) is 5.91 Å². The van der Waals surface area contributed by atoms with E-state index in [9.17, 15) is 4.79 Å². The van der Waals surface area contributed by atoms with Gasteiger partial charge in [-0.3, -0.25) is 4.79 Å². The number of rotatable bonds is 4. The lowest BCUT2D eigenvalue weighted by molar-refractivity contribution is 0.0775. The zero-order valence-electron chi connectivity index (χ0n) is 13.3. The molecule has 5 heteroatoms. The van der Waals surface area contributed by atoms with E-state index in [-0.39, 0.29) is 24.4 Å². The molecule has 4 rings (SSSR count). The predicted octanol–water partition coefficient (Wildman–Crippen LogP) is 2.71. The van der Waals surface area contributed by atoms with Gasteiger partial charge in [0.1, 0.15) is 5.75 Å². The number of fused-ring (bicyclic) bond motifs is 1.